The van der Waals surface area contributed by atoms with Gasteiger partial charge in [-0.15, -0.1) is 0 Å². The third-order valence-corrected chi connectivity index (χ3v) is 5.36. The van der Waals surface area contributed by atoms with Crippen LogP contribution < -0.4 is 10.1 Å². The molecule has 1 aliphatic rings. The first kappa shape index (κ1) is 22.6. The fourth-order valence-electron chi connectivity index (χ4n) is 3.58. The highest BCUT2D eigenvalue weighted by Gasteiger charge is 2.61. The summed E-state index contributed by atoms with van der Waals surface area (Å²) < 4.78 is 51.8. The Morgan fingerprint density at radius 1 is 1.13 bits per heavy atom. The molecule has 0 bridgehead atoms. The van der Waals surface area contributed by atoms with Crippen LogP contribution in [0.15, 0.2) is 48.5 Å². The molecule has 1 aliphatic heterocycles. The number of carbonyl (C=O) groups excluding carboxylic acids is 2. The Morgan fingerprint density at radius 3 is 2.32 bits per heavy atom. The van der Waals surface area contributed by atoms with Crippen molar-refractivity contribution in [2.75, 3.05) is 7.11 Å². The highest BCUT2D eigenvalue weighted by Crippen LogP contribution is 2.42. The van der Waals surface area contributed by atoms with E-state index in [9.17, 15) is 27.9 Å². The molecule has 166 valence electrons. The number of hydrogen-bond acceptors (Lipinski definition) is 5. The van der Waals surface area contributed by atoms with Crippen molar-refractivity contribution < 1.29 is 37.3 Å². The van der Waals surface area contributed by atoms with Crippen molar-refractivity contribution in [1.29, 1.82) is 0 Å². The summed E-state index contributed by atoms with van der Waals surface area (Å²) in [6.07, 6.45) is -7.65. The van der Waals surface area contributed by atoms with Crippen molar-refractivity contribution in [3.8, 4) is 5.75 Å². The molecule has 2 aromatic carbocycles. The van der Waals surface area contributed by atoms with Crippen molar-refractivity contribution in [2.45, 2.75) is 43.7 Å². The molecular formula is C22H22F3NO5. The number of nitrogens with one attached hydrogen (secondary N) is 1. The van der Waals surface area contributed by atoms with Crippen molar-refractivity contribution in [3.05, 3.63) is 65.2 Å². The smallest absolute Gasteiger partial charge is 0.426 e. The van der Waals surface area contributed by atoms with E-state index in [1.807, 2.05) is 5.32 Å². The van der Waals surface area contributed by atoms with E-state index in [1.165, 1.54) is 33.1 Å². The average molecular weight is 437 g/mol. The van der Waals surface area contributed by atoms with Crippen LogP contribution in [-0.4, -0.2) is 35.9 Å². The SMILES string of the molecule is COc1ccc(C(C)(C)CC(O)(C(=O)NC2OC(=O)c3ccccc32)C(F)(F)F)cc1. The van der Waals surface area contributed by atoms with Crippen LogP contribution in [0, 0.1) is 0 Å². The predicted octanol–water partition coefficient (Wildman–Crippen LogP) is 3.64. The number of hydrogen-bond donors (Lipinski definition) is 2. The molecule has 2 N–H and O–H groups in total. The molecule has 0 saturated heterocycles. The van der Waals surface area contributed by atoms with Crippen LogP contribution in [0.2, 0.25) is 0 Å². The van der Waals surface area contributed by atoms with Gasteiger partial charge in [0.15, 0.2) is 0 Å². The van der Waals surface area contributed by atoms with Gasteiger partial charge in [-0.25, -0.2) is 4.79 Å². The molecule has 0 spiro atoms. The van der Waals surface area contributed by atoms with Crippen LogP contribution in [0.1, 0.15) is 48.0 Å². The van der Waals surface area contributed by atoms with Gasteiger partial charge in [-0.3, -0.25) is 4.79 Å². The number of alkyl halides is 3. The molecule has 9 heteroatoms. The number of cyclic esters (lactones) is 1. The Labute approximate surface area is 177 Å². The lowest BCUT2D eigenvalue weighted by molar-refractivity contribution is -0.258. The standard InChI is InChI=1S/C22H22F3NO5/c1-20(2,13-8-10-14(30-3)11-9-13)12-21(29,22(23,24)25)19(28)26-17-15-6-4-5-7-16(15)18(27)31-17/h4-11,17,29H,12H2,1-3H3,(H,26,28). The monoisotopic (exact) mass is 437 g/mol. The van der Waals surface area contributed by atoms with Gasteiger partial charge in [0.1, 0.15) is 5.75 Å². The van der Waals surface area contributed by atoms with Gasteiger partial charge in [0.25, 0.3) is 5.91 Å². The third kappa shape index (κ3) is 4.23. The average Bonchev–Trinajstić information content (AvgIpc) is 3.02. The largest absolute Gasteiger partial charge is 0.497 e. The number of rotatable bonds is 6. The maximum Gasteiger partial charge on any atom is 0.426 e. The molecule has 3 rings (SSSR count). The Hall–Kier alpha value is -3.07. The van der Waals surface area contributed by atoms with Crippen LogP contribution >= 0.6 is 0 Å². The second kappa shape index (κ2) is 7.88. The zero-order valence-electron chi connectivity index (χ0n) is 17.1. The van der Waals surface area contributed by atoms with Crippen LogP contribution in [0.5, 0.6) is 5.75 Å². The molecule has 0 aliphatic carbocycles. The zero-order valence-corrected chi connectivity index (χ0v) is 17.1. The molecular weight excluding hydrogens is 415 g/mol. The molecule has 1 amide bonds. The minimum Gasteiger partial charge on any atom is -0.497 e. The summed E-state index contributed by atoms with van der Waals surface area (Å²) in [5.41, 5.74) is -4.12. The van der Waals surface area contributed by atoms with Crippen molar-refractivity contribution in [1.82, 2.24) is 5.32 Å². The summed E-state index contributed by atoms with van der Waals surface area (Å²) in [7, 11) is 1.46. The first-order valence-corrected chi connectivity index (χ1v) is 9.43. The van der Waals surface area contributed by atoms with Gasteiger partial charge < -0.3 is 19.9 Å². The maximum atomic E-state index is 13.9. The van der Waals surface area contributed by atoms with Gasteiger partial charge in [0, 0.05) is 12.0 Å². The minimum atomic E-state index is -5.27. The molecule has 0 saturated carbocycles. The Balaban J connectivity index is 1.88. The molecule has 6 nitrogen and oxygen atoms in total. The Morgan fingerprint density at radius 2 is 1.74 bits per heavy atom. The quantitative estimate of drug-likeness (QED) is 0.674. The summed E-state index contributed by atoms with van der Waals surface area (Å²) in [5, 5.41) is 12.6. The molecule has 31 heavy (non-hydrogen) atoms. The molecule has 0 fully saturated rings. The van der Waals surface area contributed by atoms with Gasteiger partial charge in [-0.05, 0) is 29.2 Å². The lowest BCUT2D eigenvalue weighted by Crippen LogP contribution is -2.59. The van der Waals surface area contributed by atoms with Gasteiger partial charge in [0.05, 0.1) is 12.7 Å². The van der Waals surface area contributed by atoms with Crippen LogP contribution in [-0.2, 0) is 14.9 Å². The highest BCUT2D eigenvalue weighted by atomic mass is 19.4. The second-order valence-electron chi connectivity index (χ2n) is 7.99. The molecule has 2 atom stereocenters. The zero-order chi connectivity index (χ0) is 23.0. The summed E-state index contributed by atoms with van der Waals surface area (Å²) in [4.78, 5) is 24.6. The topological polar surface area (TPSA) is 84.9 Å². The Bertz CT molecular complexity index is 987. The number of benzene rings is 2. The summed E-state index contributed by atoms with van der Waals surface area (Å²) in [6, 6.07) is 12.3. The number of fused-ring (bicyclic) bond motifs is 1. The van der Waals surface area contributed by atoms with E-state index in [-0.39, 0.29) is 11.1 Å². The van der Waals surface area contributed by atoms with Crippen LogP contribution in [0.25, 0.3) is 0 Å². The molecule has 2 unspecified atom stereocenters. The number of methoxy groups -OCH3 is 1. The Kier molecular flexibility index (Phi) is 5.75. The van der Waals surface area contributed by atoms with E-state index < -0.39 is 41.7 Å². The normalized spacial score (nSPS) is 18.0. The van der Waals surface area contributed by atoms with E-state index in [0.717, 1.165) is 0 Å². The van der Waals surface area contributed by atoms with E-state index in [0.29, 0.717) is 11.3 Å². The molecule has 0 aromatic heterocycles. The number of amides is 1. The summed E-state index contributed by atoms with van der Waals surface area (Å²) >= 11 is 0. The third-order valence-electron chi connectivity index (χ3n) is 5.36. The number of halogens is 3. The number of esters is 1. The van der Waals surface area contributed by atoms with Crippen molar-refractivity contribution >= 4 is 11.9 Å². The maximum absolute atomic E-state index is 13.9. The lowest BCUT2D eigenvalue weighted by Gasteiger charge is -2.37. The highest BCUT2D eigenvalue weighted by molar-refractivity contribution is 5.95. The van der Waals surface area contributed by atoms with E-state index >= 15 is 0 Å². The number of ether oxygens (including phenoxy) is 2. The molecule has 2 aromatic rings. The van der Waals surface area contributed by atoms with Gasteiger partial charge >= 0.3 is 12.1 Å². The van der Waals surface area contributed by atoms with Crippen LogP contribution in [0.3, 0.4) is 0 Å². The summed E-state index contributed by atoms with van der Waals surface area (Å²) in [5.74, 6) is -1.95. The van der Waals surface area contributed by atoms with Gasteiger partial charge in [-0.1, -0.05) is 44.2 Å². The predicted molar refractivity (Wildman–Crippen MR) is 104 cm³/mol. The number of aliphatic hydroxyl groups is 1. The number of carbonyl (C=O) groups is 2. The summed E-state index contributed by atoms with van der Waals surface area (Å²) in [6.45, 7) is 2.98. The molecule has 1 heterocycles. The first-order chi connectivity index (χ1) is 14.4. The first-order valence-electron chi connectivity index (χ1n) is 9.43. The fraction of sp³-hybridized carbons (Fsp3) is 0.364. The molecule has 0 radical (unpaired) electrons. The minimum absolute atomic E-state index is 0.141. The van der Waals surface area contributed by atoms with Crippen molar-refractivity contribution in [2.24, 2.45) is 0 Å². The van der Waals surface area contributed by atoms with Crippen molar-refractivity contribution in [3.63, 3.8) is 0 Å². The van der Waals surface area contributed by atoms with E-state index in [2.05, 4.69) is 0 Å². The van der Waals surface area contributed by atoms with Crippen LogP contribution in [0.4, 0.5) is 13.2 Å². The van der Waals surface area contributed by atoms with Gasteiger partial charge in [0.2, 0.25) is 11.8 Å². The van der Waals surface area contributed by atoms with E-state index in [4.69, 9.17) is 9.47 Å². The fourth-order valence-corrected chi connectivity index (χ4v) is 3.58. The lowest BCUT2D eigenvalue weighted by atomic mass is 9.74. The second-order valence-corrected chi connectivity index (χ2v) is 7.99. The van der Waals surface area contributed by atoms with Gasteiger partial charge in [-0.2, -0.15) is 13.2 Å². The van der Waals surface area contributed by atoms with E-state index in [1.54, 1.807) is 36.4 Å².